The van der Waals surface area contributed by atoms with Crippen molar-refractivity contribution in [2.45, 2.75) is 32.2 Å². The zero-order valence-electron chi connectivity index (χ0n) is 20.3. The van der Waals surface area contributed by atoms with Gasteiger partial charge in [-0.15, -0.1) is 11.3 Å². The lowest BCUT2D eigenvalue weighted by Gasteiger charge is -2.31. The predicted molar refractivity (Wildman–Crippen MR) is 131 cm³/mol. The number of benzene rings is 1. The van der Waals surface area contributed by atoms with Crippen molar-refractivity contribution >= 4 is 23.2 Å². The molecular weight excluding hydrogens is 470 g/mol. The third-order valence-corrected chi connectivity index (χ3v) is 7.05. The molecule has 1 aromatic carbocycles. The fourth-order valence-electron chi connectivity index (χ4n) is 4.19. The number of carbonyl (C=O) groups excluding carboxylic acids is 2. The lowest BCUT2D eigenvalue weighted by molar-refractivity contribution is 0.0708. The molecule has 0 aliphatic carbocycles. The van der Waals surface area contributed by atoms with E-state index in [0.29, 0.717) is 53.9 Å². The van der Waals surface area contributed by atoms with Gasteiger partial charge in [0.2, 0.25) is 5.75 Å². The Hall–Kier alpha value is -3.53. The average molecular weight is 500 g/mol. The molecule has 2 aromatic heterocycles. The van der Waals surface area contributed by atoms with E-state index in [0.717, 1.165) is 23.6 Å². The van der Waals surface area contributed by atoms with E-state index in [9.17, 15) is 9.59 Å². The zero-order valence-corrected chi connectivity index (χ0v) is 21.1. The first-order valence-electron chi connectivity index (χ1n) is 11.3. The van der Waals surface area contributed by atoms with Crippen LogP contribution in [-0.4, -0.2) is 56.1 Å². The average Bonchev–Trinajstić information content (AvgIpc) is 3.55. The maximum atomic E-state index is 13.3. The fourth-order valence-corrected chi connectivity index (χ4v) is 5.16. The third-order valence-electron chi connectivity index (χ3n) is 6.04. The highest BCUT2D eigenvalue weighted by Crippen LogP contribution is 2.40. The summed E-state index contributed by atoms with van der Waals surface area (Å²) in [4.78, 5) is 32.1. The molecule has 3 heterocycles. The first kappa shape index (κ1) is 24.6. The molecule has 0 atom stereocenters. The topological polar surface area (TPSA) is 103 Å². The summed E-state index contributed by atoms with van der Waals surface area (Å²) >= 11 is 1.48. The van der Waals surface area contributed by atoms with Crippen LogP contribution in [0.1, 0.15) is 56.1 Å². The molecule has 35 heavy (non-hydrogen) atoms. The number of amides is 2. The number of furan rings is 1. The molecule has 3 aromatic rings. The molecule has 0 bridgehead atoms. The van der Waals surface area contributed by atoms with Crippen LogP contribution in [0.3, 0.4) is 0 Å². The zero-order chi connectivity index (χ0) is 24.9. The van der Waals surface area contributed by atoms with Crippen LogP contribution < -0.4 is 19.5 Å². The molecule has 10 heteroatoms. The Balaban J connectivity index is 1.36. The number of carbonyl (C=O) groups is 2. The highest BCUT2D eigenvalue weighted by molar-refractivity contribution is 7.09. The lowest BCUT2D eigenvalue weighted by atomic mass is 9.97. The smallest absolute Gasteiger partial charge is 0.271 e. The Morgan fingerprint density at radius 1 is 1.09 bits per heavy atom. The number of nitrogens with one attached hydrogen (secondary N) is 1. The molecule has 1 saturated heterocycles. The number of hydrogen-bond acceptors (Lipinski definition) is 8. The first-order valence-corrected chi connectivity index (χ1v) is 12.2. The van der Waals surface area contributed by atoms with Crippen LogP contribution in [-0.2, 0) is 6.54 Å². The summed E-state index contributed by atoms with van der Waals surface area (Å²) in [6, 6.07) is 7.11. The van der Waals surface area contributed by atoms with E-state index in [1.54, 1.807) is 17.5 Å². The predicted octanol–water partition coefficient (Wildman–Crippen LogP) is 4.02. The van der Waals surface area contributed by atoms with Gasteiger partial charge in [-0.25, -0.2) is 4.98 Å². The molecule has 2 amide bonds. The van der Waals surface area contributed by atoms with E-state index in [1.165, 1.54) is 32.7 Å². The Morgan fingerprint density at radius 2 is 1.83 bits per heavy atom. The second kappa shape index (κ2) is 10.8. The van der Waals surface area contributed by atoms with E-state index < -0.39 is 0 Å². The van der Waals surface area contributed by atoms with Gasteiger partial charge >= 0.3 is 0 Å². The monoisotopic (exact) mass is 499 g/mol. The van der Waals surface area contributed by atoms with Crippen molar-refractivity contribution in [3.05, 3.63) is 57.4 Å². The summed E-state index contributed by atoms with van der Waals surface area (Å²) in [5.41, 5.74) is 0.838. The number of thiazole rings is 1. The molecule has 1 aliphatic heterocycles. The molecule has 9 nitrogen and oxygen atoms in total. The van der Waals surface area contributed by atoms with Crippen molar-refractivity contribution in [1.29, 1.82) is 0 Å². The molecule has 1 fully saturated rings. The number of rotatable bonds is 8. The molecule has 0 saturated carbocycles. The van der Waals surface area contributed by atoms with Crippen LogP contribution in [0.15, 0.2) is 34.1 Å². The number of likely N-dealkylation sites (tertiary alicyclic amines) is 1. The fraction of sp³-hybridized carbons (Fsp3) is 0.400. The molecule has 0 radical (unpaired) electrons. The minimum Gasteiger partial charge on any atom is -0.493 e. The Kier molecular flexibility index (Phi) is 7.60. The molecule has 186 valence electrons. The summed E-state index contributed by atoms with van der Waals surface area (Å²) in [7, 11) is 4.56. The molecule has 1 N–H and O–H groups in total. The Bertz CT molecular complexity index is 1200. The molecule has 0 spiro atoms. The second-order valence-corrected chi connectivity index (χ2v) is 9.10. The summed E-state index contributed by atoms with van der Waals surface area (Å²) in [5, 5.41) is 5.54. The van der Waals surface area contributed by atoms with Crippen molar-refractivity contribution in [3.63, 3.8) is 0 Å². The van der Waals surface area contributed by atoms with E-state index in [-0.39, 0.29) is 17.7 Å². The number of aromatic nitrogens is 1. The number of ether oxygens (including phenoxy) is 3. The van der Waals surface area contributed by atoms with E-state index in [2.05, 4.69) is 10.3 Å². The maximum absolute atomic E-state index is 13.3. The number of methoxy groups -OCH3 is 3. The quantitative estimate of drug-likeness (QED) is 0.499. The summed E-state index contributed by atoms with van der Waals surface area (Å²) in [5.74, 6) is 2.62. The number of aryl methyl sites for hydroxylation is 1. The van der Waals surface area contributed by atoms with Crippen LogP contribution in [0.25, 0.3) is 0 Å². The van der Waals surface area contributed by atoms with E-state index >= 15 is 0 Å². The van der Waals surface area contributed by atoms with Crippen molar-refractivity contribution in [1.82, 2.24) is 15.2 Å². The van der Waals surface area contributed by atoms with Gasteiger partial charge < -0.3 is 28.8 Å². The number of nitrogens with zero attached hydrogens (tertiary/aromatic N) is 2. The van der Waals surface area contributed by atoms with Crippen molar-refractivity contribution in [2.24, 2.45) is 0 Å². The van der Waals surface area contributed by atoms with Gasteiger partial charge in [0.15, 0.2) is 11.5 Å². The highest BCUT2D eigenvalue weighted by atomic mass is 32.1. The number of hydrogen-bond donors (Lipinski definition) is 1. The SMILES string of the molecule is COc1ccc(C(=O)N2CCC(c3nc(C(=O)NCc4ccc(C)o4)cs3)CC2)c(OC)c1OC. The Labute approximate surface area is 208 Å². The second-order valence-electron chi connectivity index (χ2n) is 8.21. The molecular formula is C25H29N3O6S. The first-order chi connectivity index (χ1) is 16.9. The van der Waals surface area contributed by atoms with Gasteiger partial charge in [0.25, 0.3) is 11.8 Å². The van der Waals surface area contributed by atoms with E-state index in [4.69, 9.17) is 18.6 Å². The lowest BCUT2D eigenvalue weighted by Crippen LogP contribution is -2.38. The van der Waals surface area contributed by atoms with Gasteiger partial charge in [0.1, 0.15) is 17.2 Å². The van der Waals surface area contributed by atoms with Gasteiger partial charge in [0.05, 0.1) is 38.4 Å². The van der Waals surface area contributed by atoms with Crippen LogP contribution in [0.5, 0.6) is 17.2 Å². The van der Waals surface area contributed by atoms with Gasteiger partial charge in [-0.1, -0.05) is 0 Å². The van der Waals surface area contributed by atoms with Crippen LogP contribution in [0.4, 0.5) is 0 Å². The van der Waals surface area contributed by atoms with Crippen LogP contribution >= 0.6 is 11.3 Å². The maximum Gasteiger partial charge on any atom is 0.271 e. The summed E-state index contributed by atoms with van der Waals surface area (Å²) < 4.78 is 21.7. The minimum absolute atomic E-state index is 0.117. The highest BCUT2D eigenvalue weighted by Gasteiger charge is 2.30. The van der Waals surface area contributed by atoms with Crippen LogP contribution in [0, 0.1) is 6.92 Å². The summed E-state index contributed by atoms with van der Waals surface area (Å²) in [6.45, 7) is 3.35. The Morgan fingerprint density at radius 3 is 2.46 bits per heavy atom. The standard InChI is InChI=1S/C25H29N3O6S/c1-15-5-6-17(34-15)13-26-23(29)19-14-35-24(27-19)16-9-11-28(12-10-16)25(30)18-7-8-20(31-2)22(33-4)21(18)32-3/h5-8,14,16H,9-13H2,1-4H3,(H,26,29). The van der Waals surface area contributed by atoms with Gasteiger partial charge in [-0.2, -0.15) is 0 Å². The third kappa shape index (κ3) is 5.27. The van der Waals surface area contributed by atoms with Crippen LogP contribution in [0.2, 0.25) is 0 Å². The van der Waals surface area contributed by atoms with Gasteiger partial charge in [-0.3, -0.25) is 9.59 Å². The largest absolute Gasteiger partial charge is 0.493 e. The minimum atomic E-state index is -0.227. The summed E-state index contributed by atoms with van der Waals surface area (Å²) in [6.07, 6.45) is 1.53. The van der Waals surface area contributed by atoms with Gasteiger partial charge in [-0.05, 0) is 44.0 Å². The molecule has 1 aliphatic rings. The van der Waals surface area contributed by atoms with Crippen molar-refractivity contribution in [2.75, 3.05) is 34.4 Å². The molecule has 0 unspecified atom stereocenters. The van der Waals surface area contributed by atoms with Crippen molar-refractivity contribution in [3.8, 4) is 17.2 Å². The van der Waals surface area contributed by atoms with Gasteiger partial charge in [0, 0.05) is 24.4 Å². The normalized spacial score (nSPS) is 14.0. The van der Waals surface area contributed by atoms with E-state index in [1.807, 2.05) is 24.0 Å². The van der Waals surface area contributed by atoms with Crippen molar-refractivity contribution < 1.29 is 28.2 Å². The number of piperidine rings is 1. The molecule has 4 rings (SSSR count).